The van der Waals surface area contributed by atoms with Crippen molar-refractivity contribution in [1.29, 1.82) is 0 Å². The number of para-hydroxylation sites is 1. The summed E-state index contributed by atoms with van der Waals surface area (Å²) >= 11 is 0. The molecule has 0 saturated heterocycles. The average molecular weight is 275 g/mol. The summed E-state index contributed by atoms with van der Waals surface area (Å²) in [5.41, 5.74) is 1.06. The third-order valence-electron chi connectivity index (χ3n) is 3.72. The first-order valence-electron chi connectivity index (χ1n) is 6.60. The van der Waals surface area contributed by atoms with Crippen molar-refractivity contribution >= 4 is 11.7 Å². The summed E-state index contributed by atoms with van der Waals surface area (Å²) in [4.78, 5) is 16.3. The zero-order valence-electron chi connectivity index (χ0n) is 11.8. The van der Waals surface area contributed by atoms with E-state index in [4.69, 9.17) is 9.57 Å². The number of carboxylic acids is 1. The summed E-state index contributed by atoms with van der Waals surface area (Å²) in [7, 11) is 0. The third-order valence-corrected chi connectivity index (χ3v) is 3.72. The van der Waals surface area contributed by atoms with Crippen molar-refractivity contribution in [3.63, 3.8) is 0 Å². The molecule has 5 nitrogen and oxygen atoms in total. The maximum Gasteiger partial charge on any atom is 0.351 e. The molecule has 5 heteroatoms. The summed E-state index contributed by atoms with van der Waals surface area (Å²) in [5, 5.41) is 13.1. The van der Waals surface area contributed by atoms with Crippen LogP contribution in [-0.4, -0.2) is 28.0 Å². The van der Waals surface area contributed by atoms with Gasteiger partial charge in [0, 0.05) is 18.4 Å². The quantitative estimate of drug-likeness (QED) is 0.899. The normalized spacial score (nSPS) is 26.4. The molecule has 0 amide bonds. The number of aliphatic carboxylic acids is 1. The molecular formula is C15H17NO4. The standard InChI is InChI=1S/C15H17NO4/c1-14(2)7-9-5-4-6-10(12(9)19-14)11-8-15(3,13(17)18)20-16-11/h4-6H,7-8H2,1-3H3,(H,17,18). The van der Waals surface area contributed by atoms with Gasteiger partial charge in [-0.2, -0.15) is 0 Å². The highest BCUT2D eigenvalue weighted by molar-refractivity contribution is 6.06. The van der Waals surface area contributed by atoms with Gasteiger partial charge in [0.2, 0.25) is 5.60 Å². The van der Waals surface area contributed by atoms with Crippen LogP contribution in [0.5, 0.6) is 5.75 Å². The van der Waals surface area contributed by atoms with E-state index in [1.54, 1.807) is 0 Å². The van der Waals surface area contributed by atoms with Crippen LogP contribution in [0, 0.1) is 0 Å². The van der Waals surface area contributed by atoms with Gasteiger partial charge in [0.05, 0.1) is 5.71 Å². The van der Waals surface area contributed by atoms with Crippen molar-refractivity contribution in [2.24, 2.45) is 5.16 Å². The van der Waals surface area contributed by atoms with Crippen molar-refractivity contribution in [1.82, 2.24) is 0 Å². The Hall–Kier alpha value is -2.04. The molecule has 2 aliphatic heterocycles. The van der Waals surface area contributed by atoms with Gasteiger partial charge in [0.15, 0.2) is 0 Å². The molecule has 0 radical (unpaired) electrons. The molecule has 0 bridgehead atoms. The zero-order chi connectivity index (χ0) is 14.5. The van der Waals surface area contributed by atoms with E-state index < -0.39 is 11.6 Å². The van der Waals surface area contributed by atoms with Gasteiger partial charge in [-0.3, -0.25) is 0 Å². The lowest BCUT2D eigenvalue weighted by molar-refractivity contribution is -0.160. The number of hydrogen-bond acceptors (Lipinski definition) is 4. The fourth-order valence-electron chi connectivity index (χ4n) is 2.64. The van der Waals surface area contributed by atoms with Crippen molar-refractivity contribution < 1.29 is 19.5 Å². The number of hydrogen-bond donors (Lipinski definition) is 1. The lowest BCUT2D eigenvalue weighted by Crippen LogP contribution is -2.35. The number of fused-ring (bicyclic) bond motifs is 1. The van der Waals surface area contributed by atoms with E-state index in [2.05, 4.69) is 5.16 Å². The van der Waals surface area contributed by atoms with E-state index >= 15 is 0 Å². The van der Waals surface area contributed by atoms with Crippen LogP contribution < -0.4 is 4.74 Å². The molecule has 20 heavy (non-hydrogen) atoms. The van der Waals surface area contributed by atoms with E-state index in [1.807, 2.05) is 32.0 Å². The van der Waals surface area contributed by atoms with Gasteiger partial charge in [0.1, 0.15) is 11.4 Å². The number of rotatable bonds is 2. The second-order valence-electron chi connectivity index (χ2n) is 6.17. The Morgan fingerprint density at radius 1 is 1.30 bits per heavy atom. The van der Waals surface area contributed by atoms with Gasteiger partial charge >= 0.3 is 5.97 Å². The first-order chi connectivity index (χ1) is 9.31. The van der Waals surface area contributed by atoms with Gasteiger partial charge in [0.25, 0.3) is 0 Å². The van der Waals surface area contributed by atoms with Crippen LogP contribution in [0.25, 0.3) is 0 Å². The van der Waals surface area contributed by atoms with E-state index in [0.29, 0.717) is 5.71 Å². The number of nitrogens with zero attached hydrogens (tertiary/aromatic N) is 1. The molecule has 0 fully saturated rings. The Morgan fingerprint density at radius 2 is 2.05 bits per heavy atom. The van der Waals surface area contributed by atoms with Gasteiger partial charge < -0.3 is 14.7 Å². The largest absolute Gasteiger partial charge is 0.487 e. The number of carbonyl (C=O) groups is 1. The highest BCUT2D eigenvalue weighted by atomic mass is 16.7. The zero-order valence-corrected chi connectivity index (χ0v) is 11.8. The van der Waals surface area contributed by atoms with Crippen LogP contribution in [0.4, 0.5) is 0 Å². The van der Waals surface area contributed by atoms with Crippen LogP contribution in [0.15, 0.2) is 23.4 Å². The van der Waals surface area contributed by atoms with Crippen LogP contribution >= 0.6 is 0 Å². The fourth-order valence-corrected chi connectivity index (χ4v) is 2.64. The maximum atomic E-state index is 11.2. The molecule has 1 N–H and O–H groups in total. The van der Waals surface area contributed by atoms with E-state index in [1.165, 1.54) is 6.92 Å². The Bertz CT molecular complexity index is 620. The molecule has 2 heterocycles. The molecule has 0 aliphatic carbocycles. The van der Waals surface area contributed by atoms with Crippen LogP contribution in [0.3, 0.4) is 0 Å². The number of oxime groups is 1. The topological polar surface area (TPSA) is 68.1 Å². The molecule has 2 aliphatic rings. The minimum atomic E-state index is -1.29. The average Bonchev–Trinajstić information content (AvgIpc) is 2.88. The first kappa shape index (κ1) is 13.0. The molecule has 0 spiro atoms. The van der Waals surface area contributed by atoms with E-state index in [-0.39, 0.29) is 12.0 Å². The molecule has 0 saturated carbocycles. The molecule has 0 aromatic heterocycles. The molecule has 1 atom stereocenters. The van der Waals surface area contributed by atoms with Gasteiger partial charge in [-0.25, -0.2) is 4.79 Å². The SMILES string of the molecule is CC1(C)Cc2cccc(C3=NOC(C)(C(=O)O)C3)c2O1. The summed E-state index contributed by atoms with van der Waals surface area (Å²) in [5.74, 6) is -0.209. The summed E-state index contributed by atoms with van der Waals surface area (Å²) in [6.07, 6.45) is 1.07. The highest BCUT2D eigenvalue weighted by Crippen LogP contribution is 2.40. The minimum absolute atomic E-state index is 0.239. The maximum absolute atomic E-state index is 11.2. The molecular weight excluding hydrogens is 258 g/mol. The Labute approximate surface area is 117 Å². The lowest BCUT2D eigenvalue weighted by atomic mass is 9.94. The summed E-state index contributed by atoms with van der Waals surface area (Å²) in [6, 6.07) is 5.87. The van der Waals surface area contributed by atoms with Crippen LogP contribution in [0.2, 0.25) is 0 Å². The smallest absolute Gasteiger partial charge is 0.351 e. The first-order valence-corrected chi connectivity index (χ1v) is 6.60. The van der Waals surface area contributed by atoms with E-state index in [0.717, 1.165) is 23.3 Å². The predicted molar refractivity (Wildman–Crippen MR) is 73.1 cm³/mol. The van der Waals surface area contributed by atoms with Gasteiger partial charge in [-0.1, -0.05) is 17.3 Å². The minimum Gasteiger partial charge on any atom is -0.487 e. The fraction of sp³-hybridized carbons (Fsp3) is 0.467. The van der Waals surface area contributed by atoms with Crippen LogP contribution in [0.1, 0.15) is 38.3 Å². The van der Waals surface area contributed by atoms with Crippen molar-refractivity contribution in [2.75, 3.05) is 0 Å². The Balaban J connectivity index is 1.95. The Kier molecular flexibility index (Phi) is 2.58. The van der Waals surface area contributed by atoms with Crippen LogP contribution in [-0.2, 0) is 16.1 Å². The predicted octanol–water partition coefficient (Wildman–Crippen LogP) is 2.37. The number of carboxylic acid groups (broad SMARTS) is 1. The second kappa shape index (κ2) is 3.98. The van der Waals surface area contributed by atoms with Crippen molar-refractivity contribution in [3.8, 4) is 5.75 Å². The summed E-state index contributed by atoms with van der Waals surface area (Å²) < 4.78 is 5.98. The second-order valence-corrected chi connectivity index (χ2v) is 6.17. The molecule has 3 rings (SSSR count). The number of ether oxygens (including phenoxy) is 1. The van der Waals surface area contributed by atoms with Crippen molar-refractivity contribution in [2.45, 2.75) is 44.8 Å². The highest BCUT2D eigenvalue weighted by Gasteiger charge is 2.44. The lowest BCUT2D eigenvalue weighted by Gasteiger charge is -2.18. The monoisotopic (exact) mass is 275 g/mol. The van der Waals surface area contributed by atoms with Gasteiger partial charge in [-0.15, -0.1) is 0 Å². The molecule has 1 aromatic carbocycles. The summed E-state index contributed by atoms with van der Waals surface area (Å²) in [6.45, 7) is 5.59. The van der Waals surface area contributed by atoms with Gasteiger partial charge in [-0.05, 0) is 32.4 Å². The number of benzene rings is 1. The van der Waals surface area contributed by atoms with Crippen molar-refractivity contribution in [3.05, 3.63) is 29.3 Å². The molecule has 1 aromatic rings. The molecule has 106 valence electrons. The van der Waals surface area contributed by atoms with E-state index in [9.17, 15) is 9.90 Å². The Morgan fingerprint density at radius 3 is 2.70 bits per heavy atom. The molecule has 1 unspecified atom stereocenters. The third kappa shape index (κ3) is 1.94.